The molecule has 0 heterocycles. The Morgan fingerprint density at radius 3 is 1.50 bits per heavy atom. The molecule has 6 heteroatoms. The molecule has 0 saturated carbocycles. The monoisotopic (exact) mass is 301 g/mol. The van der Waals surface area contributed by atoms with E-state index in [0.717, 1.165) is 0 Å². The lowest BCUT2D eigenvalue weighted by atomic mass is 9.96. The van der Waals surface area contributed by atoms with Gasteiger partial charge in [-0.2, -0.15) is 0 Å². The minimum atomic E-state index is -0.308. The highest BCUT2D eigenvalue weighted by Crippen LogP contribution is 2.32. The Balaban J connectivity index is 2.76. The number of carbonyl (C=O) groups is 2. The Hall–Kier alpha value is -3.28. The molecule has 0 amide bonds. The number of benzene rings is 2. The molecule has 0 fully saturated rings. The molecule has 2 aromatic rings. The number of rotatable bonds is 5. The standard InChI is InChI=1S/C16H10O6/c17-5-11-1-9(2-12(6-18)15(11)21)10-3-13(7-19)16(22)14(4-10)8-20/h1-8,21-22H/p+3. The Kier molecular flexibility index (Phi) is 4.13. The van der Waals surface area contributed by atoms with Crippen molar-refractivity contribution in [2.75, 3.05) is 0 Å². The molecule has 0 spiro atoms. The second kappa shape index (κ2) is 6.01. The molecule has 110 valence electrons. The Labute approximate surface area is 124 Å². The van der Waals surface area contributed by atoms with Crippen LogP contribution in [0.15, 0.2) is 24.3 Å². The van der Waals surface area contributed by atoms with Crippen LogP contribution in [0, 0.1) is 0 Å². The predicted molar refractivity (Wildman–Crippen MR) is 81.6 cm³/mol. The van der Waals surface area contributed by atoms with Crippen LogP contribution in [0.1, 0.15) is 31.8 Å². The van der Waals surface area contributed by atoms with E-state index in [1.165, 1.54) is 24.3 Å². The SMILES string of the molecule is O=Cc1cc(-c2cc(C=[OH+])c(O)c(C=[OH+])c2)cc(C=O)c1[OH2+]. The molecule has 0 aliphatic carbocycles. The number of hydrogen-bond donors (Lipinski definition) is 1. The van der Waals surface area contributed by atoms with Gasteiger partial charge in [-0.1, -0.05) is 0 Å². The average Bonchev–Trinajstić information content (AvgIpc) is 2.55. The number of phenols is 1. The summed E-state index contributed by atoms with van der Waals surface area (Å²) in [7, 11) is 0. The summed E-state index contributed by atoms with van der Waals surface area (Å²) in [5.74, 6) is -0.479. The molecule has 6 nitrogen and oxygen atoms in total. The maximum atomic E-state index is 11.0. The molecule has 0 unspecified atom stereocenters. The van der Waals surface area contributed by atoms with Crippen molar-refractivity contribution in [2.45, 2.75) is 0 Å². The summed E-state index contributed by atoms with van der Waals surface area (Å²) in [5, 5.41) is 17.5. The fraction of sp³-hybridized carbons (Fsp3) is 0. The van der Waals surface area contributed by atoms with E-state index in [2.05, 4.69) is 0 Å². The quantitative estimate of drug-likeness (QED) is 0.659. The summed E-state index contributed by atoms with van der Waals surface area (Å²) in [4.78, 5) is 40.3. The molecule has 0 bridgehead atoms. The Bertz CT molecular complexity index is 666. The van der Waals surface area contributed by atoms with Gasteiger partial charge >= 0.3 is 12.6 Å². The molecule has 0 aliphatic heterocycles. The van der Waals surface area contributed by atoms with Crippen LogP contribution in [0.4, 0.5) is 0 Å². The van der Waals surface area contributed by atoms with E-state index >= 15 is 0 Å². The van der Waals surface area contributed by atoms with Gasteiger partial charge in [0.05, 0.1) is 0 Å². The van der Waals surface area contributed by atoms with Gasteiger partial charge in [-0.15, -0.1) is 0 Å². The van der Waals surface area contributed by atoms with Gasteiger partial charge in [-0.05, 0) is 35.4 Å². The minimum absolute atomic E-state index is 0.0386. The number of carbonyl (C=O) groups excluding carboxylic acids is 4. The van der Waals surface area contributed by atoms with Crippen molar-refractivity contribution in [3.63, 3.8) is 0 Å². The molecule has 22 heavy (non-hydrogen) atoms. The van der Waals surface area contributed by atoms with Gasteiger partial charge in [0, 0.05) is 0 Å². The molecule has 2 aromatic carbocycles. The zero-order chi connectivity index (χ0) is 16.3. The van der Waals surface area contributed by atoms with Crippen LogP contribution in [0.5, 0.6) is 11.5 Å². The van der Waals surface area contributed by atoms with Crippen LogP contribution in [-0.2, 0) is 0 Å². The Morgan fingerprint density at radius 1 is 0.818 bits per heavy atom. The normalized spacial score (nSPS) is 10.0. The fourth-order valence-corrected chi connectivity index (χ4v) is 2.08. The first-order chi connectivity index (χ1) is 10.5. The second-order valence-corrected chi connectivity index (χ2v) is 4.53. The lowest BCUT2D eigenvalue weighted by Gasteiger charge is -2.07. The number of aldehydes is 4. The van der Waals surface area contributed by atoms with Crippen LogP contribution in [0.2, 0.25) is 0 Å². The maximum absolute atomic E-state index is 11.0. The van der Waals surface area contributed by atoms with E-state index in [9.17, 15) is 14.7 Å². The third kappa shape index (κ3) is 2.49. The first-order valence-electron chi connectivity index (χ1n) is 6.18. The summed E-state index contributed by atoms with van der Waals surface area (Å²) < 4.78 is 0. The number of aromatic hydroxyl groups is 1. The van der Waals surface area contributed by atoms with Crippen LogP contribution in [0.3, 0.4) is 0 Å². The van der Waals surface area contributed by atoms with E-state index < -0.39 is 0 Å². The highest BCUT2D eigenvalue weighted by atomic mass is 16.3. The summed E-state index contributed by atoms with van der Waals surface area (Å²) in [6, 6.07) is 5.67. The summed E-state index contributed by atoms with van der Waals surface area (Å²) in [6.07, 6.45) is 2.28. The Morgan fingerprint density at radius 2 is 1.18 bits per heavy atom. The maximum Gasteiger partial charge on any atom is 0.316 e. The van der Waals surface area contributed by atoms with Crippen molar-refractivity contribution >= 4 is 25.1 Å². The molecular weight excluding hydrogens is 288 g/mol. The lowest BCUT2D eigenvalue weighted by Crippen LogP contribution is -1.95. The smallest absolute Gasteiger partial charge is 0.316 e. The molecule has 0 saturated heterocycles. The molecule has 0 aliphatic rings. The van der Waals surface area contributed by atoms with Crippen molar-refractivity contribution in [1.29, 1.82) is 0 Å². The van der Waals surface area contributed by atoms with Crippen LogP contribution >= 0.6 is 0 Å². The highest BCUT2D eigenvalue weighted by molar-refractivity contribution is 5.95. The summed E-state index contributed by atoms with van der Waals surface area (Å²) >= 11 is 0. The first kappa shape index (κ1) is 15.1. The van der Waals surface area contributed by atoms with E-state index in [1.807, 2.05) is 0 Å². The van der Waals surface area contributed by atoms with Crippen molar-refractivity contribution in [2.24, 2.45) is 0 Å². The molecular formula is C16H13O6+3. The van der Waals surface area contributed by atoms with Crippen molar-refractivity contribution in [3.8, 4) is 22.6 Å². The largest absolute Gasteiger partial charge is 0.592 e. The zero-order valence-corrected chi connectivity index (χ0v) is 11.3. The van der Waals surface area contributed by atoms with Gasteiger partial charge in [-0.25, -0.2) is 0 Å². The second-order valence-electron chi connectivity index (χ2n) is 4.53. The topological polar surface area (TPSA) is 120 Å². The van der Waals surface area contributed by atoms with Crippen molar-refractivity contribution in [1.82, 2.24) is 0 Å². The van der Waals surface area contributed by atoms with E-state index in [0.29, 0.717) is 36.3 Å². The molecule has 2 rings (SSSR count). The summed E-state index contributed by atoms with van der Waals surface area (Å²) in [6.45, 7) is 0. The van der Waals surface area contributed by atoms with E-state index in [4.69, 9.17) is 14.7 Å². The molecule has 5 N–H and O–H groups in total. The van der Waals surface area contributed by atoms with Gasteiger partial charge in [0.2, 0.25) is 0 Å². The number of phenolic OH excluding ortho intramolecular Hbond substituents is 1. The van der Waals surface area contributed by atoms with Crippen LogP contribution < -0.4 is 0 Å². The highest BCUT2D eigenvalue weighted by Gasteiger charge is 2.18. The average molecular weight is 301 g/mol. The van der Waals surface area contributed by atoms with Gasteiger partial charge in [0.15, 0.2) is 12.6 Å². The van der Waals surface area contributed by atoms with Gasteiger partial charge in [-0.3, -0.25) is 19.2 Å². The summed E-state index contributed by atoms with van der Waals surface area (Å²) in [5.41, 5.74) is 1.09. The third-order valence-electron chi connectivity index (χ3n) is 3.23. The fourth-order valence-electron chi connectivity index (χ4n) is 2.08. The van der Waals surface area contributed by atoms with E-state index in [-0.39, 0.29) is 33.8 Å². The molecule has 0 atom stereocenters. The van der Waals surface area contributed by atoms with Gasteiger partial charge in [0.25, 0.3) is 5.75 Å². The minimum Gasteiger partial charge on any atom is -0.592 e. The first-order valence-corrected chi connectivity index (χ1v) is 6.18. The van der Waals surface area contributed by atoms with Gasteiger partial charge < -0.3 is 10.2 Å². The van der Waals surface area contributed by atoms with Crippen molar-refractivity contribution < 1.29 is 29.4 Å². The lowest BCUT2D eigenvalue weighted by molar-refractivity contribution is 0.112. The van der Waals surface area contributed by atoms with Crippen molar-refractivity contribution in [3.05, 3.63) is 46.5 Å². The third-order valence-corrected chi connectivity index (χ3v) is 3.23. The predicted octanol–water partition coefficient (Wildman–Crippen LogP) is 1.17. The number of hydrogen-bond acceptors (Lipinski definition) is 3. The van der Waals surface area contributed by atoms with Crippen LogP contribution in [0.25, 0.3) is 11.1 Å². The molecule has 0 radical (unpaired) electrons. The van der Waals surface area contributed by atoms with Gasteiger partial charge in [0.1, 0.15) is 28.0 Å². The van der Waals surface area contributed by atoms with Crippen LogP contribution in [-0.4, -0.2) is 44.9 Å². The van der Waals surface area contributed by atoms with E-state index in [1.54, 1.807) is 0 Å². The molecule has 0 aromatic heterocycles. The zero-order valence-electron chi connectivity index (χ0n) is 11.3.